The normalized spacial score (nSPS) is 10.5. The average Bonchev–Trinajstić information content (AvgIpc) is 2.77. The number of anilines is 2. The maximum Gasteiger partial charge on any atom is 0.227 e. The van der Waals surface area contributed by atoms with Crippen molar-refractivity contribution in [1.82, 2.24) is 19.7 Å². The first-order valence-electron chi connectivity index (χ1n) is 5.04. The Hall–Kier alpha value is -1.47. The fraction of sp³-hybridized carbons (Fsp3) is 0.300. The molecule has 0 atom stereocenters. The Balaban J connectivity index is 1.98. The van der Waals surface area contributed by atoms with Gasteiger partial charge in [-0.25, -0.2) is 9.97 Å². The maximum absolute atomic E-state index is 4.98. The molecule has 1 N–H and O–H groups in total. The largest absolute Gasteiger partial charge is 0.383 e. The first-order valence-corrected chi connectivity index (χ1v) is 5.83. The van der Waals surface area contributed by atoms with E-state index in [1.165, 1.54) is 0 Å². The highest BCUT2D eigenvalue weighted by Crippen LogP contribution is 2.12. The van der Waals surface area contributed by atoms with E-state index in [0.717, 1.165) is 16.7 Å². The van der Waals surface area contributed by atoms with Gasteiger partial charge in [0, 0.05) is 25.7 Å². The Bertz CT molecular complexity index is 470. The summed E-state index contributed by atoms with van der Waals surface area (Å²) in [6.07, 6.45) is 6.97. The number of rotatable bonds is 5. The van der Waals surface area contributed by atoms with Gasteiger partial charge in [-0.2, -0.15) is 5.10 Å². The molecule has 2 aromatic heterocycles. The second kappa shape index (κ2) is 5.74. The van der Waals surface area contributed by atoms with Gasteiger partial charge in [0.05, 0.1) is 29.5 Å². The van der Waals surface area contributed by atoms with E-state index in [0.29, 0.717) is 12.6 Å². The smallest absolute Gasteiger partial charge is 0.227 e. The Kier molecular flexibility index (Phi) is 4.05. The second-order valence-electron chi connectivity index (χ2n) is 3.33. The van der Waals surface area contributed by atoms with Crippen LogP contribution in [0.3, 0.4) is 0 Å². The standard InChI is InChI=1S/C10H12BrN5O/c1-17-3-2-16-7-9(6-14-16)15-10-12-4-8(11)5-13-10/h4-7H,2-3H2,1H3,(H,12,13,15). The molecule has 0 aliphatic heterocycles. The van der Waals surface area contributed by atoms with Crippen molar-refractivity contribution in [2.75, 3.05) is 19.0 Å². The zero-order chi connectivity index (χ0) is 12.1. The van der Waals surface area contributed by atoms with Crippen LogP contribution in [0.15, 0.2) is 29.3 Å². The predicted octanol–water partition coefficient (Wildman–Crippen LogP) is 1.83. The lowest BCUT2D eigenvalue weighted by atomic mass is 10.5. The molecule has 6 nitrogen and oxygen atoms in total. The van der Waals surface area contributed by atoms with Crippen LogP contribution in [0, 0.1) is 0 Å². The Morgan fingerprint density at radius 3 is 2.82 bits per heavy atom. The zero-order valence-corrected chi connectivity index (χ0v) is 10.9. The van der Waals surface area contributed by atoms with Gasteiger partial charge in [0.25, 0.3) is 0 Å². The molecule has 0 saturated carbocycles. The van der Waals surface area contributed by atoms with Gasteiger partial charge in [-0.1, -0.05) is 0 Å². The highest BCUT2D eigenvalue weighted by atomic mass is 79.9. The first kappa shape index (κ1) is 12.0. The molecule has 0 unspecified atom stereocenters. The number of hydrogen-bond donors (Lipinski definition) is 1. The minimum atomic E-state index is 0.541. The molecule has 0 amide bonds. The van der Waals surface area contributed by atoms with E-state index in [-0.39, 0.29) is 0 Å². The molecule has 0 aliphatic rings. The van der Waals surface area contributed by atoms with Gasteiger partial charge in [-0.15, -0.1) is 0 Å². The van der Waals surface area contributed by atoms with Crippen molar-refractivity contribution < 1.29 is 4.74 Å². The molecule has 0 bridgehead atoms. The molecule has 2 heterocycles. The molecule has 0 aliphatic carbocycles. The summed E-state index contributed by atoms with van der Waals surface area (Å²) in [6, 6.07) is 0. The van der Waals surface area contributed by atoms with E-state index in [1.54, 1.807) is 30.4 Å². The molecular formula is C10H12BrN5O. The molecule has 2 aromatic rings. The summed E-state index contributed by atoms with van der Waals surface area (Å²) in [7, 11) is 1.67. The molecule has 0 radical (unpaired) electrons. The summed E-state index contributed by atoms with van der Waals surface area (Å²) < 4.78 is 7.62. The topological polar surface area (TPSA) is 64.9 Å². The van der Waals surface area contributed by atoms with Crippen LogP contribution in [0.1, 0.15) is 0 Å². The van der Waals surface area contributed by atoms with Gasteiger partial charge < -0.3 is 10.1 Å². The lowest BCUT2D eigenvalue weighted by molar-refractivity contribution is 0.183. The summed E-state index contributed by atoms with van der Waals surface area (Å²) in [4.78, 5) is 8.23. The van der Waals surface area contributed by atoms with Crippen LogP contribution in [-0.4, -0.2) is 33.5 Å². The molecule has 2 rings (SSSR count). The zero-order valence-electron chi connectivity index (χ0n) is 9.30. The van der Waals surface area contributed by atoms with Crippen LogP contribution in [-0.2, 0) is 11.3 Å². The number of aromatic nitrogens is 4. The van der Waals surface area contributed by atoms with Gasteiger partial charge in [0.15, 0.2) is 0 Å². The van der Waals surface area contributed by atoms with Crippen molar-refractivity contribution in [2.45, 2.75) is 6.54 Å². The van der Waals surface area contributed by atoms with Crippen LogP contribution in [0.5, 0.6) is 0 Å². The van der Waals surface area contributed by atoms with Gasteiger partial charge in [-0.3, -0.25) is 4.68 Å². The van der Waals surface area contributed by atoms with Crippen molar-refractivity contribution in [1.29, 1.82) is 0 Å². The maximum atomic E-state index is 4.98. The van der Waals surface area contributed by atoms with Crippen LogP contribution >= 0.6 is 15.9 Å². The van der Waals surface area contributed by atoms with Gasteiger partial charge in [-0.05, 0) is 15.9 Å². The van der Waals surface area contributed by atoms with E-state index >= 15 is 0 Å². The Morgan fingerprint density at radius 2 is 2.12 bits per heavy atom. The number of hydrogen-bond acceptors (Lipinski definition) is 5. The third-order valence-electron chi connectivity index (χ3n) is 2.03. The van der Waals surface area contributed by atoms with E-state index in [9.17, 15) is 0 Å². The molecule has 90 valence electrons. The lowest BCUT2D eigenvalue weighted by Crippen LogP contribution is -2.04. The summed E-state index contributed by atoms with van der Waals surface area (Å²) in [5, 5.41) is 7.24. The van der Waals surface area contributed by atoms with Crippen LogP contribution < -0.4 is 5.32 Å². The molecule has 17 heavy (non-hydrogen) atoms. The quantitative estimate of drug-likeness (QED) is 0.912. The van der Waals surface area contributed by atoms with Gasteiger partial charge in [0.1, 0.15) is 0 Å². The van der Waals surface area contributed by atoms with E-state index in [1.807, 2.05) is 6.20 Å². The monoisotopic (exact) mass is 297 g/mol. The van der Waals surface area contributed by atoms with Gasteiger partial charge >= 0.3 is 0 Å². The SMILES string of the molecule is COCCn1cc(Nc2ncc(Br)cn2)cn1. The summed E-state index contributed by atoms with van der Waals surface area (Å²) in [6.45, 7) is 1.36. The third kappa shape index (κ3) is 3.50. The molecule has 0 spiro atoms. The third-order valence-corrected chi connectivity index (χ3v) is 2.44. The second-order valence-corrected chi connectivity index (χ2v) is 4.25. The summed E-state index contributed by atoms with van der Waals surface area (Å²) in [5.41, 5.74) is 0.850. The average molecular weight is 298 g/mol. The molecule has 7 heteroatoms. The van der Waals surface area contributed by atoms with Crippen LogP contribution in [0.4, 0.5) is 11.6 Å². The summed E-state index contributed by atoms with van der Waals surface area (Å²) >= 11 is 3.28. The fourth-order valence-electron chi connectivity index (χ4n) is 1.24. The van der Waals surface area contributed by atoms with E-state index in [2.05, 4.69) is 36.3 Å². The van der Waals surface area contributed by atoms with Crippen LogP contribution in [0.2, 0.25) is 0 Å². The number of methoxy groups -OCH3 is 1. The highest BCUT2D eigenvalue weighted by Gasteiger charge is 2.00. The minimum Gasteiger partial charge on any atom is -0.383 e. The fourth-order valence-corrected chi connectivity index (χ4v) is 1.45. The Morgan fingerprint density at radius 1 is 1.35 bits per heavy atom. The lowest BCUT2D eigenvalue weighted by Gasteiger charge is -2.01. The number of nitrogens with one attached hydrogen (secondary N) is 1. The molecular weight excluding hydrogens is 286 g/mol. The predicted molar refractivity (Wildman–Crippen MR) is 67.1 cm³/mol. The Labute approximate surface area is 107 Å². The van der Waals surface area contributed by atoms with Crippen molar-refractivity contribution in [2.24, 2.45) is 0 Å². The van der Waals surface area contributed by atoms with Crippen molar-refractivity contribution in [3.8, 4) is 0 Å². The number of nitrogens with zero attached hydrogens (tertiary/aromatic N) is 4. The molecule has 0 aromatic carbocycles. The van der Waals surface area contributed by atoms with E-state index < -0.39 is 0 Å². The molecule has 0 fully saturated rings. The van der Waals surface area contributed by atoms with Crippen molar-refractivity contribution >= 4 is 27.6 Å². The van der Waals surface area contributed by atoms with E-state index in [4.69, 9.17) is 4.74 Å². The number of ether oxygens (including phenoxy) is 1. The highest BCUT2D eigenvalue weighted by molar-refractivity contribution is 9.10. The van der Waals surface area contributed by atoms with Crippen molar-refractivity contribution in [3.05, 3.63) is 29.3 Å². The van der Waals surface area contributed by atoms with Crippen LogP contribution in [0.25, 0.3) is 0 Å². The minimum absolute atomic E-state index is 0.541. The summed E-state index contributed by atoms with van der Waals surface area (Å²) in [5.74, 6) is 0.541. The molecule has 0 saturated heterocycles. The van der Waals surface area contributed by atoms with Crippen molar-refractivity contribution in [3.63, 3.8) is 0 Å². The first-order chi connectivity index (χ1) is 8.28. The number of halogens is 1. The van der Waals surface area contributed by atoms with Gasteiger partial charge in [0.2, 0.25) is 5.95 Å².